The SMILES string of the molecule is Cc1cccc(C)c1-c1cc(-c2cccc(-c3nc4ccccn4c3-c3ccc4c(c3)C(C)(C)c3ccccc3-4)c2)nc(-c2ccccc2O)c1. The third kappa shape index (κ3) is 4.98. The number of fused-ring (bicyclic) bond motifs is 4. The van der Waals surface area contributed by atoms with Gasteiger partial charge in [0.25, 0.3) is 0 Å². The van der Waals surface area contributed by atoms with Crippen molar-refractivity contribution >= 4 is 5.65 Å². The van der Waals surface area contributed by atoms with E-state index in [1.807, 2.05) is 24.3 Å². The minimum atomic E-state index is -0.112. The molecule has 3 heterocycles. The zero-order valence-corrected chi connectivity index (χ0v) is 29.1. The van der Waals surface area contributed by atoms with Gasteiger partial charge in [0, 0.05) is 33.9 Å². The van der Waals surface area contributed by atoms with Crippen molar-refractivity contribution in [1.82, 2.24) is 14.4 Å². The molecule has 3 aromatic heterocycles. The fourth-order valence-corrected chi connectivity index (χ4v) is 8.07. The maximum Gasteiger partial charge on any atom is 0.137 e. The summed E-state index contributed by atoms with van der Waals surface area (Å²) in [5, 5.41) is 10.9. The van der Waals surface area contributed by atoms with Gasteiger partial charge in [-0.25, -0.2) is 9.97 Å². The normalized spacial score (nSPS) is 12.9. The molecular weight excluding hydrogens is 623 g/mol. The number of phenolic OH excluding ortho intramolecular Hbond substituents is 1. The number of hydrogen-bond acceptors (Lipinski definition) is 3. The van der Waals surface area contributed by atoms with Gasteiger partial charge in [0.15, 0.2) is 0 Å². The van der Waals surface area contributed by atoms with Crippen LogP contribution in [-0.2, 0) is 5.41 Å². The van der Waals surface area contributed by atoms with Crippen LogP contribution in [0.5, 0.6) is 5.75 Å². The molecule has 0 bridgehead atoms. The molecule has 1 N–H and O–H groups in total. The van der Waals surface area contributed by atoms with Gasteiger partial charge in [0.2, 0.25) is 0 Å². The van der Waals surface area contributed by atoms with E-state index >= 15 is 0 Å². The van der Waals surface area contributed by atoms with Crippen LogP contribution in [-0.4, -0.2) is 19.5 Å². The number of aromatic nitrogens is 3. The van der Waals surface area contributed by atoms with Gasteiger partial charge in [-0.15, -0.1) is 0 Å². The van der Waals surface area contributed by atoms with Crippen LogP contribution in [0.2, 0.25) is 0 Å². The lowest BCUT2D eigenvalue weighted by molar-refractivity contribution is 0.477. The third-order valence-electron chi connectivity index (χ3n) is 10.6. The minimum Gasteiger partial charge on any atom is -0.507 e. The predicted molar refractivity (Wildman–Crippen MR) is 209 cm³/mol. The van der Waals surface area contributed by atoms with Crippen molar-refractivity contribution in [3.8, 4) is 73.0 Å². The van der Waals surface area contributed by atoms with Gasteiger partial charge in [-0.1, -0.05) is 105 Å². The highest BCUT2D eigenvalue weighted by Gasteiger charge is 2.35. The second-order valence-electron chi connectivity index (χ2n) is 14.2. The molecule has 0 saturated carbocycles. The molecule has 5 aromatic carbocycles. The Morgan fingerprint density at radius 3 is 2.04 bits per heavy atom. The number of benzene rings is 5. The zero-order chi connectivity index (χ0) is 34.9. The first-order chi connectivity index (χ1) is 24.8. The molecule has 0 unspecified atom stereocenters. The van der Waals surface area contributed by atoms with Crippen molar-refractivity contribution in [3.05, 3.63) is 168 Å². The molecule has 0 saturated heterocycles. The number of hydrogen-bond donors (Lipinski definition) is 1. The summed E-state index contributed by atoms with van der Waals surface area (Å²) in [5.41, 5.74) is 18.1. The summed E-state index contributed by atoms with van der Waals surface area (Å²) in [6.45, 7) is 8.94. The first-order valence-corrected chi connectivity index (χ1v) is 17.5. The molecule has 1 aliphatic rings. The maximum atomic E-state index is 10.9. The number of aromatic hydroxyl groups is 1. The molecule has 0 aliphatic heterocycles. The van der Waals surface area contributed by atoms with E-state index < -0.39 is 0 Å². The largest absolute Gasteiger partial charge is 0.507 e. The van der Waals surface area contributed by atoms with E-state index in [4.69, 9.17) is 9.97 Å². The maximum absolute atomic E-state index is 10.9. The summed E-state index contributed by atoms with van der Waals surface area (Å²) in [5.74, 6) is 0.207. The summed E-state index contributed by atoms with van der Waals surface area (Å²) in [6, 6.07) is 48.4. The molecule has 246 valence electrons. The van der Waals surface area contributed by atoms with E-state index in [0.717, 1.165) is 50.7 Å². The Labute approximate surface area is 298 Å². The summed E-state index contributed by atoms with van der Waals surface area (Å²) in [6.07, 6.45) is 2.10. The average molecular weight is 660 g/mol. The smallest absolute Gasteiger partial charge is 0.137 e. The number of phenols is 1. The lowest BCUT2D eigenvalue weighted by Gasteiger charge is -2.22. The van der Waals surface area contributed by atoms with Gasteiger partial charge >= 0.3 is 0 Å². The molecule has 0 fully saturated rings. The zero-order valence-electron chi connectivity index (χ0n) is 29.1. The van der Waals surface area contributed by atoms with Crippen LogP contribution in [0, 0.1) is 13.8 Å². The standard InChI is InChI=1S/C47H37N3O/c1-29-13-11-14-30(2)44(29)34-27-40(48-41(28-34)37-18-6-8-20-42(37)51)31-15-12-16-32(25-31)45-46(50-24-10-9-21-43(50)49-45)33-22-23-36-35-17-5-7-19-38(35)47(3,4)39(36)26-33/h5-28,51H,1-4H3. The van der Waals surface area contributed by atoms with Crippen molar-refractivity contribution in [2.24, 2.45) is 0 Å². The van der Waals surface area contributed by atoms with Gasteiger partial charge in [0.1, 0.15) is 11.4 Å². The van der Waals surface area contributed by atoms with E-state index in [9.17, 15) is 5.11 Å². The van der Waals surface area contributed by atoms with Crippen molar-refractivity contribution in [1.29, 1.82) is 0 Å². The molecule has 0 amide bonds. The molecule has 4 nitrogen and oxygen atoms in total. The number of aryl methyl sites for hydroxylation is 2. The fourth-order valence-electron chi connectivity index (χ4n) is 8.07. The first-order valence-electron chi connectivity index (χ1n) is 17.5. The predicted octanol–water partition coefficient (Wildman–Crippen LogP) is 11.7. The van der Waals surface area contributed by atoms with E-state index in [2.05, 4.69) is 147 Å². The minimum absolute atomic E-state index is 0.112. The van der Waals surface area contributed by atoms with E-state index in [-0.39, 0.29) is 11.2 Å². The molecule has 8 aromatic rings. The summed E-state index contributed by atoms with van der Waals surface area (Å²) in [7, 11) is 0. The molecule has 0 atom stereocenters. The Bertz CT molecular complexity index is 2640. The van der Waals surface area contributed by atoms with Crippen LogP contribution in [0.25, 0.3) is 72.9 Å². The topological polar surface area (TPSA) is 50.4 Å². The molecule has 1 aliphatic carbocycles. The van der Waals surface area contributed by atoms with Gasteiger partial charge in [0.05, 0.1) is 22.8 Å². The Kier molecular flexibility index (Phi) is 7.04. The van der Waals surface area contributed by atoms with Crippen LogP contribution in [0.15, 0.2) is 146 Å². The van der Waals surface area contributed by atoms with E-state index in [1.54, 1.807) is 6.07 Å². The summed E-state index contributed by atoms with van der Waals surface area (Å²) in [4.78, 5) is 10.4. The van der Waals surface area contributed by atoms with Gasteiger partial charge in [-0.05, 0) is 107 Å². The monoisotopic (exact) mass is 659 g/mol. The molecule has 0 spiro atoms. The average Bonchev–Trinajstić information content (AvgIpc) is 3.64. The summed E-state index contributed by atoms with van der Waals surface area (Å²) >= 11 is 0. The Hall–Kier alpha value is -6.26. The quantitative estimate of drug-likeness (QED) is 0.200. The number of imidazole rings is 1. The second-order valence-corrected chi connectivity index (χ2v) is 14.2. The van der Waals surface area contributed by atoms with E-state index in [0.29, 0.717) is 5.56 Å². The lowest BCUT2D eigenvalue weighted by Crippen LogP contribution is -2.15. The van der Waals surface area contributed by atoms with E-state index in [1.165, 1.54) is 38.9 Å². The van der Waals surface area contributed by atoms with Crippen LogP contribution >= 0.6 is 0 Å². The number of para-hydroxylation sites is 1. The number of nitrogens with zero attached hydrogens (tertiary/aromatic N) is 3. The highest BCUT2D eigenvalue weighted by Crippen LogP contribution is 2.50. The number of pyridine rings is 2. The molecule has 4 heteroatoms. The van der Waals surface area contributed by atoms with Crippen molar-refractivity contribution < 1.29 is 5.11 Å². The lowest BCUT2D eigenvalue weighted by atomic mass is 9.82. The van der Waals surface area contributed by atoms with Gasteiger partial charge in [-0.2, -0.15) is 0 Å². The Balaban J connectivity index is 1.22. The van der Waals surface area contributed by atoms with Gasteiger partial charge in [-0.3, -0.25) is 4.40 Å². The highest BCUT2D eigenvalue weighted by atomic mass is 16.3. The Morgan fingerprint density at radius 2 is 1.22 bits per heavy atom. The third-order valence-corrected chi connectivity index (χ3v) is 10.6. The van der Waals surface area contributed by atoms with Crippen LogP contribution in [0.3, 0.4) is 0 Å². The van der Waals surface area contributed by atoms with Crippen molar-refractivity contribution in [3.63, 3.8) is 0 Å². The van der Waals surface area contributed by atoms with Gasteiger partial charge < -0.3 is 5.11 Å². The molecule has 0 radical (unpaired) electrons. The fraction of sp³-hybridized carbons (Fsp3) is 0.106. The first kappa shape index (κ1) is 30.8. The van der Waals surface area contributed by atoms with Crippen LogP contribution in [0.4, 0.5) is 0 Å². The molecule has 9 rings (SSSR count). The van der Waals surface area contributed by atoms with Crippen LogP contribution < -0.4 is 0 Å². The Morgan fingerprint density at radius 1 is 0.529 bits per heavy atom. The molecule has 51 heavy (non-hydrogen) atoms. The van der Waals surface area contributed by atoms with Crippen molar-refractivity contribution in [2.75, 3.05) is 0 Å². The second kappa shape index (κ2) is 11.7. The van der Waals surface area contributed by atoms with Crippen molar-refractivity contribution in [2.45, 2.75) is 33.1 Å². The highest BCUT2D eigenvalue weighted by molar-refractivity contribution is 5.89. The van der Waals surface area contributed by atoms with Crippen LogP contribution in [0.1, 0.15) is 36.1 Å². The summed E-state index contributed by atoms with van der Waals surface area (Å²) < 4.78 is 2.20. The molecular formula is C47H37N3O. The number of rotatable bonds is 5.